The van der Waals surface area contributed by atoms with E-state index in [4.69, 9.17) is 0 Å². The van der Waals surface area contributed by atoms with Crippen molar-refractivity contribution in [1.29, 1.82) is 0 Å². The second kappa shape index (κ2) is 9.62. The van der Waals surface area contributed by atoms with E-state index < -0.39 is 0 Å². The normalized spacial score (nSPS) is 10.8. The first-order valence-corrected chi connectivity index (χ1v) is 11.1. The fourth-order valence-electron chi connectivity index (χ4n) is 3.21. The molecule has 0 atom stereocenters. The molecule has 0 spiro atoms. The highest BCUT2D eigenvalue weighted by Gasteiger charge is 2.17. The standard InChI is InChI=1S/C25H24N4OS/c1-18-13-14-22(15-19(18)2)29-24(21-11-7-4-8-12-21)27-28-25(29)31-17-23(30)26-16-20-9-5-3-6-10-20/h3-15H,16-17H2,1-2H3,(H,26,30). The summed E-state index contributed by atoms with van der Waals surface area (Å²) in [6, 6.07) is 26.2. The third-order valence-electron chi connectivity index (χ3n) is 5.08. The van der Waals surface area contributed by atoms with Gasteiger partial charge in [-0.05, 0) is 42.7 Å². The van der Waals surface area contributed by atoms with Crippen LogP contribution in [-0.4, -0.2) is 26.4 Å². The summed E-state index contributed by atoms with van der Waals surface area (Å²) in [4.78, 5) is 12.4. The van der Waals surface area contributed by atoms with Crippen molar-refractivity contribution in [3.8, 4) is 17.1 Å². The lowest BCUT2D eigenvalue weighted by Crippen LogP contribution is -2.24. The molecule has 4 rings (SSSR count). The van der Waals surface area contributed by atoms with E-state index >= 15 is 0 Å². The summed E-state index contributed by atoms with van der Waals surface area (Å²) in [5.74, 6) is 0.991. The molecule has 0 unspecified atom stereocenters. The van der Waals surface area contributed by atoms with Crippen molar-refractivity contribution in [3.63, 3.8) is 0 Å². The molecule has 156 valence electrons. The fourth-order valence-corrected chi connectivity index (χ4v) is 3.99. The van der Waals surface area contributed by atoms with E-state index in [0.29, 0.717) is 11.7 Å². The quantitative estimate of drug-likeness (QED) is 0.423. The van der Waals surface area contributed by atoms with E-state index in [1.807, 2.05) is 65.2 Å². The van der Waals surface area contributed by atoms with E-state index in [0.717, 1.165) is 22.6 Å². The Bertz CT molecular complexity index is 1170. The first-order valence-electron chi connectivity index (χ1n) is 10.1. The number of aromatic nitrogens is 3. The Balaban J connectivity index is 1.56. The zero-order valence-corrected chi connectivity index (χ0v) is 18.4. The van der Waals surface area contributed by atoms with Crippen molar-refractivity contribution in [3.05, 3.63) is 95.6 Å². The van der Waals surface area contributed by atoms with Gasteiger partial charge in [0, 0.05) is 12.1 Å². The summed E-state index contributed by atoms with van der Waals surface area (Å²) >= 11 is 1.39. The second-order valence-corrected chi connectivity index (χ2v) is 8.27. The van der Waals surface area contributed by atoms with Gasteiger partial charge < -0.3 is 5.32 Å². The van der Waals surface area contributed by atoms with Crippen LogP contribution in [0.25, 0.3) is 17.1 Å². The van der Waals surface area contributed by atoms with Crippen LogP contribution in [-0.2, 0) is 11.3 Å². The largest absolute Gasteiger partial charge is 0.351 e. The molecule has 5 nitrogen and oxygen atoms in total. The molecule has 0 bridgehead atoms. The topological polar surface area (TPSA) is 59.8 Å². The fraction of sp³-hybridized carbons (Fsp3) is 0.160. The number of hydrogen-bond acceptors (Lipinski definition) is 4. The van der Waals surface area contributed by atoms with Crippen molar-refractivity contribution in [2.75, 3.05) is 5.75 Å². The van der Waals surface area contributed by atoms with Crippen LogP contribution < -0.4 is 5.32 Å². The molecular formula is C25H24N4OS. The number of carbonyl (C=O) groups is 1. The summed E-state index contributed by atoms with van der Waals surface area (Å²) in [5, 5.41) is 12.5. The zero-order chi connectivity index (χ0) is 21.6. The second-order valence-electron chi connectivity index (χ2n) is 7.33. The lowest BCUT2D eigenvalue weighted by Gasteiger charge is -2.12. The minimum Gasteiger partial charge on any atom is -0.351 e. The lowest BCUT2D eigenvalue weighted by atomic mass is 10.1. The number of amides is 1. The number of thioether (sulfide) groups is 1. The summed E-state index contributed by atoms with van der Waals surface area (Å²) in [5.41, 5.74) is 5.47. The molecule has 0 saturated carbocycles. The van der Waals surface area contributed by atoms with Gasteiger partial charge in [0.2, 0.25) is 5.91 Å². The summed E-state index contributed by atoms with van der Waals surface area (Å²) in [6.07, 6.45) is 0. The molecule has 1 heterocycles. The third kappa shape index (κ3) is 5.03. The molecule has 0 saturated heterocycles. The van der Waals surface area contributed by atoms with Crippen molar-refractivity contribution in [2.45, 2.75) is 25.5 Å². The first kappa shape index (κ1) is 20.9. The van der Waals surface area contributed by atoms with E-state index in [1.165, 1.54) is 22.9 Å². The molecule has 4 aromatic rings. The smallest absolute Gasteiger partial charge is 0.230 e. The average molecular weight is 429 g/mol. The van der Waals surface area contributed by atoms with Gasteiger partial charge in [0.25, 0.3) is 0 Å². The lowest BCUT2D eigenvalue weighted by molar-refractivity contribution is -0.118. The highest BCUT2D eigenvalue weighted by Crippen LogP contribution is 2.28. The van der Waals surface area contributed by atoms with Gasteiger partial charge in [0.1, 0.15) is 0 Å². The van der Waals surface area contributed by atoms with Gasteiger partial charge in [-0.1, -0.05) is 78.5 Å². The van der Waals surface area contributed by atoms with Crippen LogP contribution in [0.2, 0.25) is 0 Å². The Hall–Kier alpha value is -3.38. The van der Waals surface area contributed by atoms with E-state index in [1.54, 1.807) is 0 Å². The number of nitrogens with one attached hydrogen (secondary N) is 1. The van der Waals surface area contributed by atoms with E-state index in [-0.39, 0.29) is 11.7 Å². The molecule has 6 heteroatoms. The van der Waals surface area contributed by atoms with Gasteiger partial charge in [-0.2, -0.15) is 0 Å². The van der Waals surface area contributed by atoms with Crippen LogP contribution in [0.5, 0.6) is 0 Å². The molecule has 0 fully saturated rings. The maximum Gasteiger partial charge on any atom is 0.230 e. The van der Waals surface area contributed by atoms with Crippen LogP contribution in [0.1, 0.15) is 16.7 Å². The molecule has 0 aliphatic carbocycles. The Morgan fingerprint density at radius 3 is 2.32 bits per heavy atom. The van der Waals surface area contributed by atoms with Crippen LogP contribution in [0.4, 0.5) is 0 Å². The average Bonchev–Trinajstić information content (AvgIpc) is 3.23. The molecule has 0 aliphatic rings. The van der Waals surface area contributed by atoms with E-state index in [9.17, 15) is 4.79 Å². The Labute approximate surface area is 186 Å². The minimum absolute atomic E-state index is 0.0373. The summed E-state index contributed by atoms with van der Waals surface area (Å²) in [6.45, 7) is 4.70. The molecule has 0 aliphatic heterocycles. The zero-order valence-electron chi connectivity index (χ0n) is 17.6. The molecule has 31 heavy (non-hydrogen) atoms. The molecule has 3 aromatic carbocycles. The van der Waals surface area contributed by atoms with Gasteiger partial charge >= 0.3 is 0 Å². The van der Waals surface area contributed by atoms with Gasteiger partial charge in [-0.3, -0.25) is 9.36 Å². The number of hydrogen-bond donors (Lipinski definition) is 1. The van der Waals surface area contributed by atoms with Crippen molar-refractivity contribution in [1.82, 2.24) is 20.1 Å². The van der Waals surface area contributed by atoms with Crippen LogP contribution in [0.3, 0.4) is 0 Å². The van der Waals surface area contributed by atoms with E-state index in [2.05, 4.69) is 47.6 Å². The van der Waals surface area contributed by atoms with Gasteiger partial charge in [0.15, 0.2) is 11.0 Å². The van der Waals surface area contributed by atoms with Gasteiger partial charge in [-0.25, -0.2) is 0 Å². The maximum atomic E-state index is 12.4. The summed E-state index contributed by atoms with van der Waals surface area (Å²) in [7, 11) is 0. The number of rotatable bonds is 7. The number of nitrogens with zero attached hydrogens (tertiary/aromatic N) is 3. The maximum absolute atomic E-state index is 12.4. The Morgan fingerprint density at radius 1 is 0.903 bits per heavy atom. The van der Waals surface area contributed by atoms with Crippen molar-refractivity contribution < 1.29 is 4.79 Å². The Kier molecular flexibility index (Phi) is 6.48. The molecule has 1 aromatic heterocycles. The summed E-state index contributed by atoms with van der Waals surface area (Å²) < 4.78 is 2.02. The molecule has 1 N–H and O–H groups in total. The molecule has 1 amide bonds. The van der Waals surface area contributed by atoms with Gasteiger partial charge in [0.05, 0.1) is 11.4 Å². The van der Waals surface area contributed by atoms with Crippen LogP contribution in [0.15, 0.2) is 84.0 Å². The molecular weight excluding hydrogens is 404 g/mol. The predicted octanol–water partition coefficient (Wildman–Crippen LogP) is 4.96. The number of aryl methyl sites for hydroxylation is 2. The van der Waals surface area contributed by atoms with Crippen LogP contribution in [0, 0.1) is 13.8 Å². The highest BCUT2D eigenvalue weighted by molar-refractivity contribution is 7.99. The number of benzene rings is 3. The van der Waals surface area contributed by atoms with Crippen molar-refractivity contribution >= 4 is 17.7 Å². The SMILES string of the molecule is Cc1ccc(-n2c(SCC(=O)NCc3ccccc3)nnc2-c2ccccc2)cc1C. The minimum atomic E-state index is -0.0373. The predicted molar refractivity (Wildman–Crippen MR) is 125 cm³/mol. The Morgan fingerprint density at radius 2 is 1.61 bits per heavy atom. The van der Waals surface area contributed by atoms with Crippen molar-refractivity contribution in [2.24, 2.45) is 0 Å². The van der Waals surface area contributed by atoms with Crippen LogP contribution >= 0.6 is 11.8 Å². The number of carbonyl (C=O) groups excluding carboxylic acids is 1. The van der Waals surface area contributed by atoms with Gasteiger partial charge in [-0.15, -0.1) is 10.2 Å². The molecule has 0 radical (unpaired) electrons. The monoisotopic (exact) mass is 428 g/mol. The third-order valence-corrected chi connectivity index (χ3v) is 6.01. The first-order chi connectivity index (χ1) is 15.1. The highest BCUT2D eigenvalue weighted by atomic mass is 32.2.